The van der Waals surface area contributed by atoms with Crippen molar-refractivity contribution in [2.24, 2.45) is 5.11 Å². The van der Waals surface area contributed by atoms with Gasteiger partial charge in [0.15, 0.2) is 0 Å². The molecule has 0 fully saturated rings. The average molecular weight is 424 g/mol. The van der Waals surface area contributed by atoms with Gasteiger partial charge in [-0.25, -0.2) is 0 Å². The van der Waals surface area contributed by atoms with Crippen LogP contribution in [0.2, 0.25) is 5.02 Å². The van der Waals surface area contributed by atoms with Gasteiger partial charge in [0.05, 0.1) is 0 Å². The van der Waals surface area contributed by atoms with Crippen LogP contribution in [0.4, 0.5) is 5.69 Å². The number of aromatic nitrogens is 1. The van der Waals surface area contributed by atoms with Crippen LogP contribution < -0.4 is 5.32 Å². The summed E-state index contributed by atoms with van der Waals surface area (Å²) in [5.41, 5.74) is 12.7. The third-order valence-electron chi connectivity index (χ3n) is 5.17. The maximum atomic E-state index is 12.9. The van der Waals surface area contributed by atoms with E-state index in [0.29, 0.717) is 29.4 Å². The maximum Gasteiger partial charge on any atom is 0.268 e. The Labute approximate surface area is 181 Å². The molecular formula is C23H26ClN5O. The molecule has 7 heteroatoms. The van der Waals surface area contributed by atoms with Crippen molar-refractivity contribution in [2.75, 3.05) is 6.54 Å². The molecule has 2 aromatic carbocycles. The number of halogens is 1. The Hall–Kier alpha value is -2.95. The van der Waals surface area contributed by atoms with E-state index in [4.69, 9.17) is 17.1 Å². The first-order valence-corrected chi connectivity index (χ1v) is 10.7. The van der Waals surface area contributed by atoms with E-state index in [9.17, 15) is 4.79 Å². The predicted octanol–water partition coefficient (Wildman–Crippen LogP) is 6.86. The van der Waals surface area contributed by atoms with E-state index in [-0.39, 0.29) is 5.91 Å². The lowest BCUT2D eigenvalue weighted by atomic mass is 10.0. The van der Waals surface area contributed by atoms with Crippen LogP contribution in [-0.4, -0.2) is 17.4 Å². The zero-order valence-corrected chi connectivity index (χ0v) is 17.9. The van der Waals surface area contributed by atoms with Crippen LogP contribution in [0.1, 0.15) is 54.2 Å². The van der Waals surface area contributed by atoms with Crippen LogP contribution in [0.3, 0.4) is 0 Å². The quantitative estimate of drug-likeness (QED) is 0.158. The van der Waals surface area contributed by atoms with Gasteiger partial charge in [0.25, 0.3) is 5.91 Å². The molecule has 3 aromatic rings. The summed E-state index contributed by atoms with van der Waals surface area (Å²) in [5.74, 6) is -0.0986. The lowest BCUT2D eigenvalue weighted by molar-refractivity contribution is 0.0949. The molecule has 1 amide bonds. The van der Waals surface area contributed by atoms with Crippen LogP contribution in [0.15, 0.2) is 47.6 Å². The van der Waals surface area contributed by atoms with Gasteiger partial charge in [-0.2, -0.15) is 0 Å². The molecule has 0 aliphatic carbocycles. The SMILES string of the molecule is CCCCCCc1c(C(=O)NCCc2ccc(N=[N+]=[N-])cc2)[nH]c2ccc(Cl)cc12. The minimum atomic E-state index is -0.0986. The first-order valence-electron chi connectivity index (χ1n) is 10.3. The number of azide groups is 1. The van der Waals surface area contributed by atoms with Crippen molar-refractivity contribution in [2.45, 2.75) is 45.4 Å². The second kappa shape index (κ2) is 10.7. The molecule has 0 atom stereocenters. The Kier molecular flexibility index (Phi) is 7.77. The van der Waals surface area contributed by atoms with Crippen LogP contribution in [0, 0.1) is 0 Å². The second-order valence-electron chi connectivity index (χ2n) is 7.34. The summed E-state index contributed by atoms with van der Waals surface area (Å²) in [7, 11) is 0. The summed E-state index contributed by atoms with van der Waals surface area (Å²) < 4.78 is 0. The molecular weight excluding hydrogens is 398 g/mol. The molecule has 6 nitrogen and oxygen atoms in total. The van der Waals surface area contributed by atoms with Crippen LogP contribution >= 0.6 is 11.6 Å². The largest absolute Gasteiger partial charge is 0.350 e. The number of H-pyrrole nitrogens is 1. The molecule has 156 valence electrons. The lowest BCUT2D eigenvalue weighted by Gasteiger charge is -2.08. The molecule has 0 bridgehead atoms. The van der Waals surface area contributed by atoms with Crippen molar-refractivity contribution in [1.82, 2.24) is 10.3 Å². The Morgan fingerprint density at radius 2 is 1.93 bits per heavy atom. The Morgan fingerprint density at radius 1 is 1.13 bits per heavy atom. The van der Waals surface area contributed by atoms with Crippen molar-refractivity contribution in [1.29, 1.82) is 0 Å². The van der Waals surface area contributed by atoms with Crippen molar-refractivity contribution in [3.63, 3.8) is 0 Å². The molecule has 1 aromatic heterocycles. The molecule has 0 saturated carbocycles. The number of aryl methyl sites for hydroxylation is 1. The van der Waals surface area contributed by atoms with Gasteiger partial charge in [0, 0.05) is 33.1 Å². The number of nitrogens with one attached hydrogen (secondary N) is 2. The third-order valence-corrected chi connectivity index (χ3v) is 5.41. The van der Waals surface area contributed by atoms with Gasteiger partial charge >= 0.3 is 0 Å². The van der Waals surface area contributed by atoms with E-state index in [2.05, 4.69) is 27.3 Å². The number of unbranched alkanes of at least 4 members (excludes halogenated alkanes) is 3. The van der Waals surface area contributed by atoms with Crippen molar-refractivity contribution < 1.29 is 4.79 Å². The molecule has 3 rings (SSSR count). The highest BCUT2D eigenvalue weighted by Gasteiger charge is 2.17. The van der Waals surface area contributed by atoms with Crippen molar-refractivity contribution >= 4 is 34.1 Å². The highest BCUT2D eigenvalue weighted by Crippen LogP contribution is 2.27. The van der Waals surface area contributed by atoms with Crippen LogP contribution in [-0.2, 0) is 12.8 Å². The number of rotatable bonds is 10. The van der Waals surface area contributed by atoms with Gasteiger partial charge in [-0.1, -0.05) is 67.2 Å². The number of carbonyl (C=O) groups is 1. The summed E-state index contributed by atoms with van der Waals surface area (Å²) in [4.78, 5) is 19.0. The Morgan fingerprint density at radius 3 is 2.67 bits per heavy atom. The summed E-state index contributed by atoms with van der Waals surface area (Å²) in [6.45, 7) is 2.71. The Balaban J connectivity index is 1.69. The van der Waals surface area contributed by atoms with Gasteiger partial charge in [-0.05, 0) is 54.1 Å². The van der Waals surface area contributed by atoms with Gasteiger partial charge in [0.2, 0.25) is 0 Å². The number of carbonyl (C=O) groups excluding carboxylic acids is 1. The van der Waals surface area contributed by atoms with E-state index in [1.54, 1.807) is 12.1 Å². The van der Waals surface area contributed by atoms with Crippen LogP contribution in [0.25, 0.3) is 21.3 Å². The zero-order valence-electron chi connectivity index (χ0n) is 17.1. The van der Waals surface area contributed by atoms with Crippen LogP contribution in [0.5, 0.6) is 0 Å². The van der Waals surface area contributed by atoms with E-state index < -0.39 is 0 Å². The topological polar surface area (TPSA) is 93.7 Å². The lowest BCUT2D eigenvalue weighted by Crippen LogP contribution is -2.26. The first kappa shape index (κ1) is 21.8. The fourth-order valence-electron chi connectivity index (χ4n) is 3.59. The summed E-state index contributed by atoms with van der Waals surface area (Å²) in [5, 5.41) is 8.28. The first-order chi connectivity index (χ1) is 14.6. The predicted molar refractivity (Wildman–Crippen MR) is 122 cm³/mol. The summed E-state index contributed by atoms with van der Waals surface area (Å²) in [6, 6.07) is 13.0. The number of aromatic amines is 1. The molecule has 0 spiro atoms. The maximum absolute atomic E-state index is 12.9. The van der Waals surface area contributed by atoms with E-state index in [1.165, 1.54) is 12.8 Å². The number of amides is 1. The second-order valence-corrected chi connectivity index (χ2v) is 7.78. The smallest absolute Gasteiger partial charge is 0.268 e. The number of hydrogen-bond donors (Lipinski definition) is 2. The van der Waals surface area contributed by atoms with Gasteiger partial charge in [-0.3, -0.25) is 4.79 Å². The Bertz CT molecular complexity index is 1050. The number of benzene rings is 2. The van der Waals surface area contributed by atoms with E-state index in [0.717, 1.165) is 41.3 Å². The highest BCUT2D eigenvalue weighted by atomic mass is 35.5. The summed E-state index contributed by atoms with van der Waals surface area (Å²) in [6.07, 6.45) is 6.12. The minimum Gasteiger partial charge on any atom is -0.350 e. The molecule has 30 heavy (non-hydrogen) atoms. The molecule has 0 unspecified atom stereocenters. The minimum absolute atomic E-state index is 0.0986. The average Bonchev–Trinajstić information content (AvgIpc) is 3.10. The normalized spacial score (nSPS) is 10.7. The molecule has 0 saturated heterocycles. The van der Waals surface area contributed by atoms with E-state index in [1.807, 2.05) is 30.3 Å². The molecule has 1 heterocycles. The van der Waals surface area contributed by atoms with Gasteiger partial charge in [-0.15, -0.1) is 0 Å². The zero-order chi connectivity index (χ0) is 21.3. The molecule has 0 aliphatic heterocycles. The molecule has 0 aliphatic rings. The standard InChI is InChI=1S/C23H26ClN5O/c1-2-3-4-5-6-19-20-15-17(24)9-12-21(20)27-22(19)23(30)26-14-13-16-7-10-18(11-8-16)28-29-25/h7-12,15,27H,2-6,13-14H2,1H3,(H,26,30). The van der Waals surface area contributed by atoms with Gasteiger partial charge in [0.1, 0.15) is 5.69 Å². The van der Waals surface area contributed by atoms with Crippen molar-refractivity contribution in [3.05, 3.63) is 74.8 Å². The number of hydrogen-bond acceptors (Lipinski definition) is 2. The highest BCUT2D eigenvalue weighted by molar-refractivity contribution is 6.31. The third kappa shape index (κ3) is 5.56. The van der Waals surface area contributed by atoms with E-state index >= 15 is 0 Å². The fourth-order valence-corrected chi connectivity index (χ4v) is 3.76. The summed E-state index contributed by atoms with van der Waals surface area (Å²) >= 11 is 6.20. The fraction of sp³-hybridized carbons (Fsp3) is 0.348. The monoisotopic (exact) mass is 423 g/mol. The molecule has 2 N–H and O–H groups in total. The number of fused-ring (bicyclic) bond motifs is 1. The number of nitrogens with zero attached hydrogens (tertiary/aromatic N) is 3. The van der Waals surface area contributed by atoms with Gasteiger partial charge < -0.3 is 10.3 Å². The molecule has 0 radical (unpaired) electrons. The van der Waals surface area contributed by atoms with Crippen molar-refractivity contribution in [3.8, 4) is 0 Å².